The first-order valence-electron chi connectivity index (χ1n) is 6.02. The van der Waals surface area contributed by atoms with Crippen LogP contribution in [0, 0.1) is 0 Å². The van der Waals surface area contributed by atoms with Crippen molar-refractivity contribution in [3.8, 4) is 0 Å². The van der Waals surface area contributed by atoms with Gasteiger partial charge in [-0.3, -0.25) is 9.59 Å². The number of benzene rings is 1. The number of rotatable bonds is 4. The number of H-pyrrole nitrogens is 1. The number of nitrogens with one attached hydrogen (secondary N) is 1. The molecule has 0 aliphatic carbocycles. The summed E-state index contributed by atoms with van der Waals surface area (Å²) in [4.78, 5) is 27.8. The summed E-state index contributed by atoms with van der Waals surface area (Å²) in [5.74, 6) is -0.462. The van der Waals surface area contributed by atoms with Crippen molar-refractivity contribution in [3.05, 3.63) is 36.0 Å². The van der Waals surface area contributed by atoms with E-state index < -0.39 is 0 Å². The third-order valence-electron chi connectivity index (χ3n) is 2.99. The Hall–Kier alpha value is -2.30. The minimum absolute atomic E-state index is 0.139. The Labute approximate surface area is 111 Å². The average molecular weight is 260 g/mol. The zero-order chi connectivity index (χ0) is 13.8. The Bertz CT molecular complexity index is 571. The van der Waals surface area contributed by atoms with Gasteiger partial charge in [0.15, 0.2) is 0 Å². The van der Waals surface area contributed by atoms with E-state index in [1.807, 2.05) is 30.3 Å². The summed E-state index contributed by atoms with van der Waals surface area (Å²) in [5, 5.41) is 0.993. The van der Waals surface area contributed by atoms with Crippen LogP contribution in [0.2, 0.25) is 0 Å². The molecule has 0 fully saturated rings. The van der Waals surface area contributed by atoms with Gasteiger partial charge in [0.2, 0.25) is 0 Å². The van der Waals surface area contributed by atoms with Gasteiger partial charge in [-0.2, -0.15) is 0 Å². The smallest absolute Gasteiger partial charge is 0.307 e. The lowest BCUT2D eigenvalue weighted by Gasteiger charge is -2.15. The van der Waals surface area contributed by atoms with E-state index in [1.54, 1.807) is 7.05 Å². The summed E-state index contributed by atoms with van der Waals surface area (Å²) in [6.45, 7) is 0.334. The molecule has 1 aromatic heterocycles. The number of carbonyl (C=O) groups is 2. The molecule has 0 aliphatic rings. The molecule has 0 bridgehead atoms. The van der Waals surface area contributed by atoms with Crippen LogP contribution in [0.15, 0.2) is 30.3 Å². The van der Waals surface area contributed by atoms with Gasteiger partial charge in [-0.15, -0.1) is 0 Å². The van der Waals surface area contributed by atoms with E-state index >= 15 is 0 Å². The Morgan fingerprint density at radius 1 is 1.32 bits per heavy atom. The van der Waals surface area contributed by atoms with Gasteiger partial charge in [0.05, 0.1) is 13.5 Å². The molecular weight excluding hydrogens is 244 g/mol. The number of hydrogen-bond acceptors (Lipinski definition) is 3. The molecule has 0 spiro atoms. The predicted molar refractivity (Wildman–Crippen MR) is 71.9 cm³/mol. The number of esters is 1. The number of nitrogens with zero attached hydrogens (tertiary/aromatic N) is 1. The van der Waals surface area contributed by atoms with Gasteiger partial charge in [-0.05, 0) is 12.1 Å². The molecule has 0 atom stereocenters. The summed E-state index contributed by atoms with van der Waals surface area (Å²) in [7, 11) is 3.00. The molecule has 5 heteroatoms. The number of ether oxygens (including phenoxy) is 1. The summed E-state index contributed by atoms with van der Waals surface area (Å²) in [6.07, 6.45) is 0.193. The van der Waals surface area contributed by atoms with Gasteiger partial charge in [0.25, 0.3) is 5.91 Å². The highest BCUT2D eigenvalue weighted by molar-refractivity contribution is 5.98. The van der Waals surface area contributed by atoms with Gasteiger partial charge in [-0.25, -0.2) is 0 Å². The van der Waals surface area contributed by atoms with Gasteiger partial charge >= 0.3 is 5.97 Å². The second kappa shape index (κ2) is 5.56. The second-order valence-corrected chi connectivity index (χ2v) is 4.32. The van der Waals surface area contributed by atoms with Crippen molar-refractivity contribution in [2.75, 3.05) is 20.7 Å². The molecule has 0 aliphatic heterocycles. The van der Waals surface area contributed by atoms with Crippen molar-refractivity contribution in [3.63, 3.8) is 0 Å². The molecule has 1 heterocycles. The number of amides is 1. The predicted octanol–water partition coefficient (Wildman–Crippen LogP) is 1.80. The van der Waals surface area contributed by atoms with E-state index in [2.05, 4.69) is 9.72 Å². The summed E-state index contributed by atoms with van der Waals surface area (Å²) in [5.41, 5.74) is 1.45. The molecule has 1 aromatic carbocycles. The number of methoxy groups -OCH3 is 1. The van der Waals surface area contributed by atoms with Crippen LogP contribution < -0.4 is 0 Å². The normalized spacial score (nSPS) is 10.4. The molecule has 0 unspecified atom stereocenters. The zero-order valence-electron chi connectivity index (χ0n) is 11.0. The molecule has 1 N–H and O–H groups in total. The highest BCUT2D eigenvalue weighted by Crippen LogP contribution is 2.15. The molecule has 2 rings (SSSR count). The van der Waals surface area contributed by atoms with Crippen molar-refractivity contribution in [2.24, 2.45) is 0 Å². The van der Waals surface area contributed by atoms with E-state index in [4.69, 9.17) is 0 Å². The minimum atomic E-state index is -0.323. The zero-order valence-corrected chi connectivity index (χ0v) is 11.0. The molecular formula is C14H16N2O3. The van der Waals surface area contributed by atoms with E-state index in [0.29, 0.717) is 12.2 Å². The second-order valence-electron chi connectivity index (χ2n) is 4.32. The lowest BCUT2D eigenvalue weighted by atomic mass is 10.2. The third kappa shape index (κ3) is 2.93. The van der Waals surface area contributed by atoms with E-state index in [1.165, 1.54) is 12.0 Å². The number of aromatic amines is 1. The molecule has 0 saturated carbocycles. The van der Waals surface area contributed by atoms with Crippen molar-refractivity contribution < 1.29 is 14.3 Å². The number of carbonyl (C=O) groups excluding carboxylic acids is 2. The van der Waals surface area contributed by atoms with Crippen LogP contribution in [0.4, 0.5) is 0 Å². The topological polar surface area (TPSA) is 62.4 Å². The molecule has 5 nitrogen and oxygen atoms in total. The highest BCUT2D eigenvalue weighted by Gasteiger charge is 2.15. The Morgan fingerprint density at radius 3 is 2.74 bits per heavy atom. The van der Waals surface area contributed by atoms with Crippen LogP contribution >= 0.6 is 0 Å². The molecule has 2 aromatic rings. The van der Waals surface area contributed by atoms with E-state index in [9.17, 15) is 9.59 Å². The monoisotopic (exact) mass is 260 g/mol. The van der Waals surface area contributed by atoms with E-state index in [-0.39, 0.29) is 18.3 Å². The van der Waals surface area contributed by atoms with Crippen LogP contribution in [0.5, 0.6) is 0 Å². The van der Waals surface area contributed by atoms with Crippen LogP contribution in [0.25, 0.3) is 10.9 Å². The maximum atomic E-state index is 12.2. The van der Waals surface area contributed by atoms with Crippen molar-refractivity contribution >= 4 is 22.8 Å². The molecule has 100 valence electrons. The van der Waals surface area contributed by atoms with Crippen molar-refractivity contribution in [1.82, 2.24) is 9.88 Å². The highest BCUT2D eigenvalue weighted by atomic mass is 16.5. The fraction of sp³-hybridized carbons (Fsp3) is 0.286. The van der Waals surface area contributed by atoms with Crippen LogP contribution in [0.1, 0.15) is 16.9 Å². The fourth-order valence-electron chi connectivity index (χ4n) is 1.86. The lowest BCUT2D eigenvalue weighted by Crippen LogP contribution is -2.29. The Balaban J connectivity index is 2.08. The molecule has 0 saturated heterocycles. The van der Waals surface area contributed by atoms with Gasteiger partial charge in [-0.1, -0.05) is 18.2 Å². The Kier molecular flexibility index (Phi) is 3.85. The minimum Gasteiger partial charge on any atom is -0.469 e. The van der Waals surface area contributed by atoms with Crippen molar-refractivity contribution in [2.45, 2.75) is 6.42 Å². The first-order chi connectivity index (χ1) is 9.11. The first-order valence-corrected chi connectivity index (χ1v) is 6.02. The first kappa shape index (κ1) is 13.1. The maximum Gasteiger partial charge on any atom is 0.307 e. The molecule has 19 heavy (non-hydrogen) atoms. The standard InChI is InChI=1S/C14H16N2O3/c1-16(8-7-13(17)19-2)14(18)12-9-10-5-3-4-6-11(10)15-12/h3-6,9,15H,7-8H2,1-2H3. The summed E-state index contributed by atoms with van der Waals surface area (Å²) in [6, 6.07) is 9.50. The summed E-state index contributed by atoms with van der Waals surface area (Å²) >= 11 is 0. The quantitative estimate of drug-likeness (QED) is 0.853. The lowest BCUT2D eigenvalue weighted by molar-refractivity contribution is -0.140. The molecule has 0 radical (unpaired) electrons. The van der Waals surface area contributed by atoms with Crippen LogP contribution in [-0.4, -0.2) is 42.5 Å². The third-order valence-corrected chi connectivity index (χ3v) is 2.99. The number of fused-ring (bicyclic) bond motifs is 1. The van der Waals surface area contributed by atoms with E-state index in [0.717, 1.165) is 10.9 Å². The largest absolute Gasteiger partial charge is 0.469 e. The van der Waals surface area contributed by atoms with Gasteiger partial charge in [0.1, 0.15) is 5.69 Å². The number of hydrogen-bond donors (Lipinski definition) is 1. The Morgan fingerprint density at radius 2 is 2.05 bits per heavy atom. The average Bonchev–Trinajstić information content (AvgIpc) is 2.87. The SMILES string of the molecule is COC(=O)CCN(C)C(=O)c1cc2ccccc2[nH]1. The number of aromatic nitrogens is 1. The van der Waals surface area contributed by atoms with Crippen LogP contribution in [0.3, 0.4) is 0 Å². The molecule has 1 amide bonds. The fourth-order valence-corrected chi connectivity index (χ4v) is 1.86. The van der Waals surface area contributed by atoms with Gasteiger partial charge < -0.3 is 14.6 Å². The van der Waals surface area contributed by atoms with Crippen molar-refractivity contribution in [1.29, 1.82) is 0 Å². The van der Waals surface area contributed by atoms with Crippen LogP contribution in [-0.2, 0) is 9.53 Å². The summed E-state index contributed by atoms with van der Waals surface area (Å²) < 4.78 is 4.55. The number of para-hydroxylation sites is 1. The maximum absolute atomic E-state index is 12.2. The van der Waals surface area contributed by atoms with Gasteiger partial charge in [0, 0.05) is 24.5 Å².